The summed E-state index contributed by atoms with van der Waals surface area (Å²) in [6.45, 7) is 3.43. The number of para-hydroxylation sites is 1. The zero-order valence-electron chi connectivity index (χ0n) is 13.8. The van der Waals surface area contributed by atoms with E-state index in [1.807, 2.05) is 24.3 Å². The molecule has 0 spiro atoms. The molecule has 0 fully saturated rings. The topological polar surface area (TPSA) is 50.4 Å². The normalized spacial score (nSPS) is 10.2. The summed E-state index contributed by atoms with van der Waals surface area (Å²) in [5.74, 6) is 0.604. The highest BCUT2D eigenvalue weighted by Crippen LogP contribution is 2.17. The zero-order chi connectivity index (χ0) is 17.2. The third kappa shape index (κ3) is 5.91. The van der Waals surface area contributed by atoms with Gasteiger partial charge in [-0.25, -0.2) is 9.18 Å². The number of benzene rings is 2. The van der Waals surface area contributed by atoms with Crippen LogP contribution in [0, 0.1) is 5.82 Å². The van der Waals surface area contributed by atoms with Crippen molar-refractivity contribution in [2.24, 2.45) is 0 Å². The Balaban J connectivity index is 1.60. The molecular weight excluding hydrogens is 307 g/mol. The Bertz CT molecular complexity index is 644. The van der Waals surface area contributed by atoms with Gasteiger partial charge in [-0.1, -0.05) is 37.3 Å². The average Bonchev–Trinajstić information content (AvgIpc) is 2.61. The quantitative estimate of drug-likeness (QED) is 0.730. The summed E-state index contributed by atoms with van der Waals surface area (Å²) >= 11 is 0. The number of halogens is 1. The van der Waals surface area contributed by atoms with Gasteiger partial charge >= 0.3 is 6.03 Å². The van der Waals surface area contributed by atoms with Crippen LogP contribution in [0.4, 0.5) is 9.18 Å². The van der Waals surface area contributed by atoms with Crippen LogP contribution in [0.25, 0.3) is 0 Å². The fourth-order valence-electron chi connectivity index (χ4n) is 2.30. The minimum Gasteiger partial charge on any atom is -0.491 e. The number of ether oxygens (including phenoxy) is 1. The van der Waals surface area contributed by atoms with Crippen molar-refractivity contribution in [3.05, 3.63) is 65.5 Å². The number of carbonyl (C=O) groups excluding carboxylic acids is 1. The molecule has 24 heavy (non-hydrogen) atoms. The van der Waals surface area contributed by atoms with E-state index in [1.54, 1.807) is 12.1 Å². The van der Waals surface area contributed by atoms with Gasteiger partial charge in [0.2, 0.25) is 0 Å². The third-order valence-electron chi connectivity index (χ3n) is 3.61. The number of hydrogen-bond donors (Lipinski definition) is 2. The second-order valence-corrected chi connectivity index (χ2v) is 5.37. The largest absolute Gasteiger partial charge is 0.491 e. The molecule has 0 heterocycles. The lowest BCUT2D eigenvalue weighted by atomic mass is 10.1. The first-order chi connectivity index (χ1) is 11.7. The van der Waals surface area contributed by atoms with Crippen molar-refractivity contribution in [1.29, 1.82) is 0 Å². The van der Waals surface area contributed by atoms with Crippen LogP contribution >= 0.6 is 0 Å². The minimum absolute atomic E-state index is 0.232. The molecule has 2 aromatic rings. The molecule has 0 atom stereocenters. The molecule has 0 saturated carbocycles. The van der Waals surface area contributed by atoms with Gasteiger partial charge in [-0.3, -0.25) is 0 Å². The predicted molar refractivity (Wildman–Crippen MR) is 92.8 cm³/mol. The van der Waals surface area contributed by atoms with Crippen LogP contribution in [-0.4, -0.2) is 25.7 Å². The molecule has 5 heteroatoms. The lowest BCUT2D eigenvalue weighted by Gasteiger charge is -2.11. The van der Waals surface area contributed by atoms with Gasteiger partial charge in [0.05, 0.1) is 6.54 Å². The molecule has 2 N–H and O–H groups in total. The Hall–Kier alpha value is -2.56. The molecule has 2 rings (SSSR count). The van der Waals surface area contributed by atoms with Gasteiger partial charge in [0, 0.05) is 6.54 Å². The van der Waals surface area contributed by atoms with E-state index in [0.29, 0.717) is 26.1 Å². The van der Waals surface area contributed by atoms with Crippen LogP contribution < -0.4 is 15.4 Å². The van der Waals surface area contributed by atoms with Crippen molar-refractivity contribution in [2.45, 2.75) is 19.8 Å². The fourth-order valence-corrected chi connectivity index (χ4v) is 2.30. The maximum atomic E-state index is 12.8. The fraction of sp³-hybridized carbons (Fsp3) is 0.316. The summed E-state index contributed by atoms with van der Waals surface area (Å²) in [5.41, 5.74) is 2.14. The molecule has 0 aliphatic carbocycles. The van der Waals surface area contributed by atoms with Gasteiger partial charge < -0.3 is 15.4 Å². The second-order valence-electron chi connectivity index (χ2n) is 5.37. The summed E-state index contributed by atoms with van der Waals surface area (Å²) in [5, 5.41) is 5.52. The molecule has 128 valence electrons. The maximum Gasteiger partial charge on any atom is 0.314 e. The van der Waals surface area contributed by atoms with Crippen molar-refractivity contribution in [3.8, 4) is 5.75 Å². The number of nitrogens with one attached hydrogen (secondary N) is 2. The van der Waals surface area contributed by atoms with Crippen LogP contribution in [0.15, 0.2) is 48.5 Å². The van der Waals surface area contributed by atoms with Crippen molar-refractivity contribution < 1.29 is 13.9 Å². The lowest BCUT2D eigenvalue weighted by molar-refractivity contribution is 0.236. The SMILES string of the molecule is CCc1ccccc1OCCNC(=O)NCCc1ccc(F)cc1. The van der Waals surface area contributed by atoms with Gasteiger partial charge in [-0.05, 0) is 42.2 Å². The van der Waals surface area contributed by atoms with Crippen LogP contribution in [0.5, 0.6) is 5.75 Å². The Morgan fingerprint density at radius 1 is 1.04 bits per heavy atom. The Morgan fingerprint density at radius 3 is 2.50 bits per heavy atom. The summed E-state index contributed by atoms with van der Waals surface area (Å²) in [7, 11) is 0. The summed E-state index contributed by atoms with van der Waals surface area (Å²) < 4.78 is 18.5. The first-order valence-electron chi connectivity index (χ1n) is 8.16. The third-order valence-corrected chi connectivity index (χ3v) is 3.61. The van der Waals surface area contributed by atoms with E-state index < -0.39 is 0 Å². The molecule has 0 unspecified atom stereocenters. The van der Waals surface area contributed by atoms with E-state index in [1.165, 1.54) is 12.1 Å². The molecule has 0 radical (unpaired) electrons. The van der Waals surface area contributed by atoms with Crippen LogP contribution in [0.1, 0.15) is 18.1 Å². The van der Waals surface area contributed by atoms with Gasteiger partial charge in [-0.2, -0.15) is 0 Å². The van der Waals surface area contributed by atoms with Gasteiger partial charge in [0.25, 0.3) is 0 Å². The predicted octanol–water partition coefficient (Wildman–Crippen LogP) is 3.31. The monoisotopic (exact) mass is 330 g/mol. The second kappa shape index (κ2) is 9.55. The van der Waals surface area contributed by atoms with Crippen LogP contribution in [0.3, 0.4) is 0 Å². The van der Waals surface area contributed by atoms with E-state index in [9.17, 15) is 9.18 Å². The Kier molecular flexibility index (Phi) is 7.08. The Labute approximate surface area is 142 Å². The standard InChI is InChI=1S/C19H23FN2O2/c1-2-16-5-3-4-6-18(16)24-14-13-22-19(23)21-12-11-15-7-9-17(20)10-8-15/h3-10H,2,11-14H2,1H3,(H2,21,22,23). The molecule has 0 aliphatic heterocycles. The van der Waals surface area contributed by atoms with Crippen molar-refractivity contribution in [2.75, 3.05) is 19.7 Å². The highest BCUT2D eigenvalue weighted by Gasteiger charge is 2.02. The number of amides is 2. The molecular formula is C19H23FN2O2. The maximum absolute atomic E-state index is 12.8. The summed E-state index contributed by atoms with van der Waals surface area (Å²) in [6, 6.07) is 13.9. The average molecular weight is 330 g/mol. The highest BCUT2D eigenvalue weighted by atomic mass is 19.1. The van der Waals surface area contributed by atoms with Gasteiger partial charge in [0.15, 0.2) is 0 Å². The summed E-state index contributed by atoms with van der Waals surface area (Å²) in [4.78, 5) is 11.7. The number of urea groups is 1. The van der Waals surface area contributed by atoms with Gasteiger partial charge in [0.1, 0.15) is 18.2 Å². The van der Waals surface area contributed by atoms with Crippen LogP contribution in [0.2, 0.25) is 0 Å². The number of aryl methyl sites for hydroxylation is 1. The van der Waals surface area contributed by atoms with Crippen molar-refractivity contribution in [1.82, 2.24) is 10.6 Å². The molecule has 0 aliphatic rings. The van der Waals surface area contributed by atoms with Crippen molar-refractivity contribution in [3.63, 3.8) is 0 Å². The number of carbonyl (C=O) groups is 1. The highest BCUT2D eigenvalue weighted by molar-refractivity contribution is 5.73. The zero-order valence-corrected chi connectivity index (χ0v) is 13.8. The van der Waals surface area contributed by atoms with Crippen LogP contribution in [-0.2, 0) is 12.8 Å². The summed E-state index contributed by atoms with van der Waals surface area (Å²) in [6.07, 6.45) is 1.57. The molecule has 2 aromatic carbocycles. The van der Waals surface area contributed by atoms with E-state index in [4.69, 9.17) is 4.74 Å². The van der Waals surface area contributed by atoms with E-state index >= 15 is 0 Å². The van der Waals surface area contributed by atoms with Gasteiger partial charge in [-0.15, -0.1) is 0 Å². The number of rotatable bonds is 8. The Morgan fingerprint density at radius 2 is 1.75 bits per heavy atom. The first kappa shape index (κ1) is 17.8. The first-order valence-corrected chi connectivity index (χ1v) is 8.16. The molecule has 0 aromatic heterocycles. The van der Waals surface area contributed by atoms with E-state index in [-0.39, 0.29) is 11.8 Å². The molecule has 0 saturated heterocycles. The molecule has 2 amide bonds. The van der Waals surface area contributed by atoms with E-state index in [0.717, 1.165) is 23.3 Å². The lowest BCUT2D eigenvalue weighted by Crippen LogP contribution is -2.38. The van der Waals surface area contributed by atoms with Crippen molar-refractivity contribution >= 4 is 6.03 Å². The smallest absolute Gasteiger partial charge is 0.314 e. The van der Waals surface area contributed by atoms with E-state index in [2.05, 4.69) is 17.6 Å². The molecule has 0 bridgehead atoms. The molecule has 4 nitrogen and oxygen atoms in total. The minimum atomic E-state index is -0.255. The number of hydrogen-bond acceptors (Lipinski definition) is 2.